The summed E-state index contributed by atoms with van der Waals surface area (Å²) in [5.41, 5.74) is 4.15. The van der Waals surface area contributed by atoms with E-state index >= 15 is 0 Å². The molecule has 3 aliphatic heterocycles. The lowest BCUT2D eigenvalue weighted by molar-refractivity contribution is -0.0366. The molecular formula is C35H31ClN4O2. The fraction of sp³-hybridized carbons (Fsp3) is 0.229. The van der Waals surface area contributed by atoms with E-state index in [1.165, 1.54) is 0 Å². The zero-order chi connectivity index (χ0) is 28.6. The van der Waals surface area contributed by atoms with E-state index in [1.807, 2.05) is 79.0 Å². The average molecular weight is 575 g/mol. The van der Waals surface area contributed by atoms with E-state index < -0.39 is 6.10 Å². The Kier molecular flexibility index (Phi) is 7.10. The van der Waals surface area contributed by atoms with E-state index in [1.54, 1.807) is 12.1 Å². The normalized spacial score (nSPS) is 22.1. The second-order valence-corrected chi connectivity index (χ2v) is 11.5. The molecule has 2 aromatic heterocycles. The molecule has 0 spiro atoms. The fourth-order valence-corrected chi connectivity index (χ4v) is 6.90. The van der Waals surface area contributed by atoms with Crippen molar-refractivity contribution in [3.8, 4) is 34.1 Å². The molecule has 7 heteroatoms. The third-order valence-corrected chi connectivity index (χ3v) is 9.01. The van der Waals surface area contributed by atoms with E-state index in [-0.39, 0.29) is 11.8 Å². The quantitative estimate of drug-likeness (QED) is 0.158. The molecule has 5 aromatic rings. The number of ether oxygens (including phenoxy) is 1. The van der Waals surface area contributed by atoms with Crippen LogP contribution in [0.5, 0.6) is 11.6 Å². The molecule has 3 aliphatic rings. The minimum absolute atomic E-state index is 0.0884. The van der Waals surface area contributed by atoms with Gasteiger partial charge in [0.1, 0.15) is 17.0 Å². The van der Waals surface area contributed by atoms with Crippen LogP contribution in [0.1, 0.15) is 24.5 Å². The van der Waals surface area contributed by atoms with E-state index in [4.69, 9.17) is 26.3 Å². The Morgan fingerprint density at radius 3 is 2.45 bits per heavy atom. The van der Waals surface area contributed by atoms with Crippen molar-refractivity contribution < 1.29 is 9.84 Å². The van der Waals surface area contributed by atoms with Gasteiger partial charge in [-0.05, 0) is 61.1 Å². The number of piperidine rings is 3. The molecule has 1 unspecified atom stereocenters. The Balaban J connectivity index is 1.41. The third kappa shape index (κ3) is 4.91. The van der Waals surface area contributed by atoms with Gasteiger partial charge in [0.25, 0.3) is 0 Å². The highest BCUT2D eigenvalue weighted by Gasteiger charge is 2.44. The van der Waals surface area contributed by atoms with Crippen molar-refractivity contribution >= 4 is 22.5 Å². The zero-order valence-corrected chi connectivity index (χ0v) is 23.9. The summed E-state index contributed by atoms with van der Waals surface area (Å²) >= 11 is 6.96. The summed E-state index contributed by atoms with van der Waals surface area (Å²) in [4.78, 5) is 16.8. The number of benzene rings is 3. The van der Waals surface area contributed by atoms with E-state index in [0.717, 1.165) is 53.5 Å². The van der Waals surface area contributed by atoms with Crippen molar-refractivity contribution in [2.75, 3.05) is 13.1 Å². The number of aromatic nitrogens is 3. The van der Waals surface area contributed by atoms with Gasteiger partial charge in [-0.2, -0.15) is 4.98 Å². The number of rotatable bonds is 7. The van der Waals surface area contributed by atoms with Gasteiger partial charge in [-0.1, -0.05) is 78.3 Å². The Labute approximate surface area is 250 Å². The number of phenols is 1. The van der Waals surface area contributed by atoms with Crippen molar-refractivity contribution in [1.82, 2.24) is 19.9 Å². The van der Waals surface area contributed by atoms with Gasteiger partial charge in [0.15, 0.2) is 5.82 Å². The molecule has 0 aliphatic carbocycles. The maximum absolute atomic E-state index is 10.5. The highest BCUT2D eigenvalue weighted by Crippen LogP contribution is 2.46. The van der Waals surface area contributed by atoms with Gasteiger partial charge >= 0.3 is 0 Å². The molecule has 3 saturated heterocycles. The van der Waals surface area contributed by atoms with E-state index in [9.17, 15) is 5.11 Å². The Morgan fingerprint density at radius 1 is 0.976 bits per heavy atom. The molecule has 8 rings (SSSR count). The zero-order valence-electron chi connectivity index (χ0n) is 23.1. The van der Waals surface area contributed by atoms with Gasteiger partial charge in [-0.15, -0.1) is 6.58 Å². The molecule has 42 heavy (non-hydrogen) atoms. The SMILES string of the molecule is C=C[C@H]1CN2CC[C@H]1C[C@@H]2[C@@H](Oc1nc(-c2ccccc2)nc(Cl)c1-c1ccccc1)c1ccnc2ccc(O)cc12. The monoisotopic (exact) mass is 574 g/mol. The molecule has 3 fully saturated rings. The maximum atomic E-state index is 10.5. The lowest BCUT2D eigenvalue weighted by Crippen LogP contribution is -2.55. The van der Waals surface area contributed by atoms with Crippen LogP contribution in [0.4, 0.5) is 0 Å². The van der Waals surface area contributed by atoms with Gasteiger partial charge < -0.3 is 9.84 Å². The highest BCUT2D eigenvalue weighted by atomic mass is 35.5. The molecule has 0 saturated carbocycles. The molecule has 1 N–H and O–H groups in total. The van der Waals surface area contributed by atoms with E-state index in [0.29, 0.717) is 34.3 Å². The number of phenolic OH excluding ortho intramolecular Hbond substituents is 1. The van der Waals surface area contributed by atoms with Crippen LogP contribution in [0, 0.1) is 11.8 Å². The van der Waals surface area contributed by atoms with Crippen LogP contribution in [-0.4, -0.2) is 44.1 Å². The fourth-order valence-electron chi connectivity index (χ4n) is 6.63. The summed E-state index contributed by atoms with van der Waals surface area (Å²) in [5, 5.41) is 11.7. The van der Waals surface area contributed by atoms with E-state index in [2.05, 4.69) is 22.5 Å². The lowest BCUT2D eigenvalue weighted by atomic mass is 9.73. The van der Waals surface area contributed by atoms with Gasteiger partial charge in [-0.3, -0.25) is 9.88 Å². The first-order chi connectivity index (χ1) is 20.6. The number of nitrogens with zero attached hydrogens (tertiary/aromatic N) is 4. The van der Waals surface area contributed by atoms with Crippen LogP contribution in [-0.2, 0) is 0 Å². The van der Waals surface area contributed by atoms with Crippen LogP contribution in [0.2, 0.25) is 5.15 Å². The smallest absolute Gasteiger partial charge is 0.227 e. The lowest BCUT2D eigenvalue weighted by Gasteiger charge is -2.51. The maximum Gasteiger partial charge on any atom is 0.227 e. The van der Waals surface area contributed by atoms with Crippen LogP contribution in [0.25, 0.3) is 33.4 Å². The standard InChI is InChI=1S/C35H31ClN4O2/c1-2-22-21-40-18-16-25(22)19-30(40)32(27-15-17-37-29-14-13-26(41)20-28(27)29)42-35-31(23-9-5-3-6-10-23)33(36)38-34(39-35)24-11-7-4-8-12-24/h2-15,17,20,22,25,30,32,41H,1,16,18-19,21H2/t22-,25-,30+,32-/m0/s1. The highest BCUT2D eigenvalue weighted by molar-refractivity contribution is 6.32. The van der Waals surface area contributed by atoms with Crippen LogP contribution in [0.15, 0.2) is 104 Å². The summed E-state index contributed by atoms with van der Waals surface area (Å²) in [6.45, 7) is 6.06. The minimum Gasteiger partial charge on any atom is -0.508 e. The second kappa shape index (κ2) is 11.2. The van der Waals surface area contributed by atoms with Crippen LogP contribution < -0.4 is 4.74 Å². The molecule has 5 atom stereocenters. The Morgan fingerprint density at radius 2 is 1.74 bits per heavy atom. The van der Waals surface area contributed by atoms with Gasteiger partial charge in [0.2, 0.25) is 5.88 Å². The summed E-state index contributed by atoms with van der Waals surface area (Å²) in [6.07, 6.45) is 5.63. The van der Waals surface area contributed by atoms with Crippen molar-refractivity contribution in [2.24, 2.45) is 11.8 Å². The summed E-state index contributed by atoms with van der Waals surface area (Å²) in [6, 6.07) is 27.1. The average Bonchev–Trinajstić information content (AvgIpc) is 3.04. The topological polar surface area (TPSA) is 71.4 Å². The largest absolute Gasteiger partial charge is 0.508 e. The van der Waals surface area contributed by atoms with Crippen LogP contribution in [0.3, 0.4) is 0 Å². The number of hydrogen-bond acceptors (Lipinski definition) is 6. The Hall–Kier alpha value is -4.26. The number of halogens is 1. The molecule has 0 amide bonds. The summed E-state index contributed by atoms with van der Waals surface area (Å²) < 4.78 is 7.13. The predicted molar refractivity (Wildman–Crippen MR) is 166 cm³/mol. The molecular weight excluding hydrogens is 544 g/mol. The molecule has 6 nitrogen and oxygen atoms in total. The molecule has 210 valence electrons. The van der Waals surface area contributed by atoms with Crippen molar-refractivity contribution in [3.63, 3.8) is 0 Å². The molecule has 5 heterocycles. The number of aromatic hydroxyl groups is 1. The number of pyridine rings is 1. The first-order valence-electron chi connectivity index (χ1n) is 14.4. The minimum atomic E-state index is -0.400. The summed E-state index contributed by atoms with van der Waals surface area (Å²) in [5.74, 6) is 2.12. The van der Waals surface area contributed by atoms with Gasteiger partial charge in [0.05, 0.1) is 17.1 Å². The summed E-state index contributed by atoms with van der Waals surface area (Å²) in [7, 11) is 0. The third-order valence-electron chi connectivity index (χ3n) is 8.73. The number of fused-ring (bicyclic) bond motifs is 4. The van der Waals surface area contributed by atoms with Crippen molar-refractivity contribution in [1.29, 1.82) is 0 Å². The molecule has 2 bridgehead atoms. The molecule has 3 aromatic carbocycles. The first kappa shape index (κ1) is 26.6. The first-order valence-corrected chi connectivity index (χ1v) is 14.8. The van der Waals surface area contributed by atoms with Gasteiger partial charge in [0, 0.05) is 29.3 Å². The number of hydrogen-bond donors (Lipinski definition) is 1. The van der Waals surface area contributed by atoms with Crippen molar-refractivity contribution in [3.05, 3.63) is 114 Å². The molecule has 0 radical (unpaired) electrons. The second-order valence-electron chi connectivity index (χ2n) is 11.1. The Bertz CT molecular complexity index is 1750. The van der Waals surface area contributed by atoms with Crippen LogP contribution >= 0.6 is 11.6 Å². The van der Waals surface area contributed by atoms with Gasteiger partial charge in [-0.25, -0.2) is 4.98 Å². The predicted octanol–water partition coefficient (Wildman–Crippen LogP) is 7.73. The van der Waals surface area contributed by atoms with Crippen molar-refractivity contribution in [2.45, 2.75) is 25.0 Å².